The maximum atomic E-state index is 12.1. The van der Waals surface area contributed by atoms with Crippen molar-refractivity contribution < 1.29 is 9.63 Å². The van der Waals surface area contributed by atoms with E-state index in [1.54, 1.807) is 24.3 Å². The molecule has 0 N–H and O–H groups in total. The van der Waals surface area contributed by atoms with Crippen molar-refractivity contribution in [3.8, 4) is 0 Å². The van der Waals surface area contributed by atoms with Crippen LogP contribution in [0.1, 0.15) is 10.4 Å². The van der Waals surface area contributed by atoms with Crippen LogP contribution in [0.2, 0.25) is 0 Å². The average molecular weight is 230 g/mol. The summed E-state index contributed by atoms with van der Waals surface area (Å²) in [4.78, 5) is 20.5. The van der Waals surface area contributed by atoms with Gasteiger partial charge in [-0.3, -0.25) is 4.79 Å². The molecule has 86 valence electrons. The Hall–Kier alpha value is -2.50. The highest BCUT2D eigenvalue weighted by atomic mass is 16.6. The molecule has 0 fully saturated rings. The van der Waals surface area contributed by atoms with Crippen molar-refractivity contribution in [1.82, 2.24) is 14.8 Å². The van der Waals surface area contributed by atoms with Crippen molar-refractivity contribution in [2.75, 3.05) is 7.11 Å². The quantitative estimate of drug-likeness (QED) is 0.341. The van der Waals surface area contributed by atoms with E-state index in [1.165, 1.54) is 24.4 Å². The number of aromatic nitrogens is 3. The Morgan fingerprint density at radius 1 is 1.35 bits per heavy atom. The predicted octanol–water partition coefficient (Wildman–Crippen LogP) is 0.969. The van der Waals surface area contributed by atoms with Gasteiger partial charge < -0.3 is 4.84 Å². The maximum Gasteiger partial charge on any atom is 0.242 e. The van der Waals surface area contributed by atoms with E-state index >= 15 is 0 Å². The van der Waals surface area contributed by atoms with Crippen LogP contribution in [0.4, 0.5) is 0 Å². The van der Waals surface area contributed by atoms with Crippen molar-refractivity contribution in [3.05, 3.63) is 48.5 Å². The second-order valence-corrected chi connectivity index (χ2v) is 3.13. The SMILES string of the molecule is CO/N=C(/C(=O)c1ccccc1)n1cncn1. The molecule has 1 aromatic heterocycles. The third-order valence-corrected chi connectivity index (χ3v) is 2.05. The summed E-state index contributed by atoms with van der Waals surface area (Å²) in [6, 6.07) is 8.78. The molecule has 2 rings (SSSR count). The molecule has 0 unspecified atom stereocenters. The van der Waals surface area contributed by atoms with Gasteiger partial charge in [0, 0.05) is 5.56 Å². The fourth-order valence-corrected chi connectivity index (χ4v) is 1.31. The maximum absolute atomic E-state index is 12.1. The lowest BCUT2D eigenvalue weighted by Gasteiger charge is -2.03. The summed E-state index contributed by atoms with van der Waals surface area (Å²) in [5.74, 6) is -0.214. The highest BCUT2D eigenvalue weighted by Gasteiger charge is 2.17. The monoisotopic (exact) mass is 230 g/mol. The van der Waals surface area contributed by atoms with Gasteiger partial charge in [0.05, 0.1) is 0 Å². The van der Waals surface area contributed by atoms with E-state index < -0.39 is 0 Å². The van der Waals surface area contributed by atoms with Gasteiger partial charge in [-0.1, -0.05) is 35.5 Å². The van der Waals surface area contributed by atoms with Crippen LogP contribution in [-0.4, -0.2) is 33.5 Å². The first kappa shape index (κ1) is 11.0. The molecular weight excluding hydrogens is 220 g/mol. The van der Waals surface area contributed by atoms with Gasteiger partial charge in [-0.2, -0.15) is 9.78 Å². The van der Waals surface area contributed by atoms with Gasteiger partial charge in [0.25, 0.3) is 0 Å². The summed E-state index contributed by atoms with van der Waals surface area (Å²) in [7, 11) is 1.37. The standard InChI is InChI=1S/C11H10N4O2/c1-17-14-11(15-8-12-7-13-15)10(16)9-5-3-2-4-6-9/h2-8H,1H3/b14-11-. The van der Waals surface area contributed by atoms with Gasteiger partial charge in [0.1, 0.15) is 19.8 Å². The molecule has 0 amide bonds. The van der Waals surface area contributed by atoms with E-state index in [0.717, 1.165) is 0 Å². The number of carbonyl (C=O) groups excluding carboxylic acids is 1. The summed E-state index contributed by atoms with van der Waals surface area (Å²) in [5.41, 5.74) is 0.513. The first-order valence-corrected chi connectivity index (χ1v) is 4.89. The minimum atomic E-state index is -0.280. The lowest BCUT2D eigenvalue weighted by Crippen LogP contribution is -2.24. The predicted molar refractivity (Wildman–Crippen MR) is 60.6 cm³/mol. The van der Waals surface area contributed by atoms with E-state index in [4.69, 9.17) is 0 Å². The molecule has 0 spiro atoms. The number of ketones is 1. The summed E-state index contributed by atoms with van der Waals surface area (Å²) < 4.78 is 1.26. The Kier molecular flexibility index (Phi) is 3.25. The van der Waals surface area contributed by atoms with Crippen LogP contribution in [0.3, 0.4) is 0 Å². The second-order valence-electron chi connectivity index (χ2n) is 3.13. The molecule has 1 heterocycles. The number of rotatable bonds is 3. The van der Waals surface area contributed by atoms with Crippen LogP contribution >= 0.6 is 0 Å². The summed E-state index contributed by atoms with van der Waals surface area (Å²) in [5, 5.41) is 7.53. The molecule has 0 aliphatic heterocycles. The molecule has 0 saturated heterocycles. The number of carbonyl (C=O) groups is 1. The molecule has 0 saturated carbocycles. The van der Waals surface area contributed by atoms with Crippen LogP contribution in [0.25, 0.3) is 0 Å². The van der Waals surface area contributed by atoms with E-state index in [2.05, 4.69) is 20.1 Å². The van der Waals surface area contributed by atoms with Gasteiger partial charge in [-0.05, 0) is 0 Å². The van der Waals surface area contributed by atoms with Gasteiger partial charge in [-0.15, -0.1) is 0 Å². The number of oxime groups is 1. The molecule has 0 atom stereocenters. The van der Waals surface area contributed by atoms with Crippen LogP contribution in [-0.2, 0) is 4.84 Å². The van der Waals surface area contributed by atoms with Crippen molar-refractivity contribution in [2.24, 2.45) is 5.16 Å². The number of hydrogen-bond donors (Lipinski definition) is 0. The molecule has 0 aliphatic carbocycles. The second kappa shape index (κ2) is 5.02. The lowest BCUT2D eigenvalue weighted by atomic mass is 10.1. The molecule has 0 radical (unpaired) electrons. The fourth-order valence-electron chi connectivity index (χ4n) is 1.31. The zero-order valence-electron chi connectivity index (χ0n) is 9.15. The Morgan fingerprint density at radius 2 is 2.12 bits per heavy atom. The van der Waals surface area contributed by atoms with Crippen LogP contribution < -0.4 is 0 Å². The van der Waals surface area contributed by atoms with Crippen LogP contribution in [0.15, 0.2) is 48.1 Å². The van der Waals surface area contributed by atoms with E-state index in [-0.39, 0.29) is 11.6 Å². The smallest absolute Gasteiger partial charge is 0.242 e. The van der Waals surface area contributed by atoms with Gasteiger partial charge >= 0.3 is 0 Å². The van der Waals surface area contributed by atoms with Gasteiger partial charge in [-0.25, -0.2) is 4.98 Å². The highest BCUT2D eigenvalue weighted by Crippen LogP contribution is 2.03. The van der Waals surface area contributed by atoms with E-state index in [9.17, 15) is 4.79 Å². The molecule has 6 nitrogen and oxygen atoms in total. The van der Waals surface area contributed by atoms with E-state index in [0.29, 0.717) is 5.56 Å². The molecule has 6 heteroatoms. The minimum Gasteiger partial charge on any atom is -0.397 e. The lowest BCUT2D eigenvalue weighted by molar-refractivity contribution is 0.105. The van der Waals surface area contributed by atoms with Crippen molar-refractivity contribution in [3.63, 3.8) is 0 Å². The normalized spacial score (nSPS) is 11.2. The van der Waals surface area contributed by atoms with Gasteiger partial charge in [0.15, 0.2) is 0 Å². The van der Waals surface area contributed by atoms with Crippen LogP contribution in [0, 0.1) is 0 Å². The largest absolute Gasteiger partial charge is 0.397 e. The molecule has 0 bridgehead atoms. The third-order valence-electron chi connectivity index (χ3n) is 2.05. The van der Waals surface area contributed by atoms with E-state index in [1.807, 2.05) is 6.07 Å². The van der Waals surface area contributed by atoms with Crippen molar-refractivity contribution >= 4 is 11.6 Å². The third kappa shape index (κ3) is 2.36. The Balaban J connectivity index is 2.36. The zero-order valence-corrected chi connectivity index (χ0v) is 9.15. The summed E-state index contributed by atoms with van der Waals surface area (Å²) in [6.45, 7) is 0. The number of Topliss-reactive ketones (excluding diaryl/α,β-unsaturated/α-hetero) is 1. The number of benzene rings is 1. The first-order valence-electron chi connectivity index (χ1n) is 4.89. The molecule has 0 aliphatic rings. The fraction of sp³-hybridized carbons (Fsp3) is 0.0909. The van der Waals surface area contributed by atoms with Crippen LogP contribution in [0.5, 0.6) is 0 Å². The minimum absolute atomic E-state index is 0.0659. The zero-order chi connectivity index (χ0) is 12.1. The topological polar surface area (TPSA) is 69.4 Å². The number of nitrogens with zero attached hydrogens (tertiary/aromatic N) is 4. The van der Waals surface area contributed by atoms with Crippen molar-refractivity contribution in [2.45, 2.75) is 0 Å². The molecule has 2 aromatic rings. The summed E-state index contributed by atoms with van der Waals surface area (Å²) >= 11 is 0. The molecular formula is C11H10N4O2. The Morgan fingerprint density at radius 3 is 2.71 bits per heavy atom. The highest BCUT2D eigenvalue weighted by molar-refractivity contribution is 6.45. The molecule has 17 heavy (non-hydrogen) atoms. The Bertz CT molecular complexity index is 520. The van der Waals surface area contributed by atoms with Crippen molar-refractivity contribution in [1.29, 1.82) is 0 Å². The molecule has 1 aromatic carbocycles. The summed E-state index contributed by atoms with van der Waals surface area (Å²) in [6.07, 6.45) is 2.71. The number of hydrogen-bond acceptors (Lipinski definition) is 5. The van der Waals surface area contributed by atoms with Gasteiger partial charge in [0.2, 0.25) is 11.6 Å². The first-order chi connectivity index (χ1) is 8.33. The average Bonchev–Trinajstić information content (AvgIpc) is 2.90. The Labute approximate surface area is 97.5 Å².